The summed E-state index contributed by atoms with van der Waals surface area (Å²) >= 11 is 0. The highest BCUT2D eigenvalue weighted by Gasteiger charge is 1.95. The maximum Gasteiger partial charge on any atom is 0.303 e. The Morgan fingerprint density at radius 3 is 2.76 bits per heavy atom. The van der Waals surface area contributed by atoms with Gasteiger partial charge in [0.2, 0.25) is 0 Å². The average molecular weight is 284 g/mol. The third-order valence-corrected chi connectivity index (χ3v) is 2.80. The van der Waals surface area contributed by atoms with E-state index in [9.17, 15) is 4.79 Å². The highest BCUT2D eigenvalue weighted by Crippen LogP contribution is 2.07. The van der Waals surface area contributed by atoms with Crippen molar-refractivity contribution in [1.29, 1.82) is 0 Å². The van der Waals surface area contributed by atoms with Crippen molar-refractivity contribution in [2.75, 3.05) is 0 Å². The van der Waals surface area contributed by atoms with Crippen LogP contribution in [-0.2, 0) is 4.79 Å². The zero-order valence-corrected chi connectivity index (χ0v) is 12.1. The fourth-order valence-corrected chi connectivity index (χ4v) is 1.73. The van der Waals surface area contributed by atoms with Crippen LogP contribution in [0.2, 0.25) is 0 Å². The first-order valence-electron chi connectivity index (χ1n) is 7.21. The second-order valence-corrected chi connectivity index (χ2v) is 4.60. The summed E-state index contributed by atoms with van der Waals surface area (Å²) in [5.74, 6) is 11.0. The fraction of sp³-hybridized carbons (Fsp3) is 0.389. The number of rotatable bonds is 8. The molecule has 1 aromatic heterocycles. The van der Waals surface area contributed by atoms with Crippen molar-refractivity contribution in [3.8, 4) is 23.7 Å². The van der Waals surface area contributed by atoms with E-state index in [0.717, 1.165) is 38.5 Å². The van der Waals surface area contributed by atoms with Crippen molar-refractivity contribution in [3.63, 3.8) is 0 Å². The van der Waals surface area contributed by atoms with Crippen molar-refractivity contribution in [2.45, 2.75) is 44.9 Å². The molecule has 0 radical (unpaired) electrons. The van der Waals surface area contributed by atoms with Gasteiger partial charge in [0, 0.05) is 6.42 Å². The van der Waals surface area contributed by atoms with Gasteiger partial charge >= 0.3 is 5.97 Å². The first kappa shape index (κ1) is 16.7. The van der Waals surface area contributed by atoms with Gasteiger partial charge in [-0.25, -0.2) is 0 Å². The molecule has 0 atom stereocenters. The van der Waals surface area contributed by atoms with E-state index in [-0.39, 0.29) is 6.42 Å². The van der Waals surface area contributed by atoms with Gasteiger partial charge in [0.15, 0.2) is 5.76 Å². The SMILES string of the molecule is O=C(O)CCCCCCC/C=C\C#CC#Cc1ccco1. The van der Waals surface area contributed by atoms with Gasteiger partial charge in [0.25, 0.3) is 0 Å². The van der Waals surface area contributed by atoms with E-state index in [0.29, 0.717) is 5.76 Å². The van der Waals surface area contributed by atoms with E-state index < -0.39 is 5.97 Å². The lowest BCUT2D eigenvalue weighted by Crippen LogP contribution is -1.93. The molecular formula is C18H20O3. The first-order chi connectivity index (χ1) is 10.3. The maximum absolute atomic E-state index is 10.3. The lowest BCUT2D eigenvalue weighted by atomic mass is 10.1. The predicted molar refractivity (Wildman–Crippen MR) is 82.5 cm³/mol. The zero-order chi connectivity index (χ0) is 15.2. The van der Waals surface area contributed by atoms with Crippen LogP contribution < -0.4 is 0 Å². The number of furan rings is 1. The van der Waals surface area contributed by atoms with Crippen LogP contribution in [0.15, 0.2) is 35.0 Å². The third kappa shape index (κ3) is 10.1. The lowest BCUT2D eigenvalue weighted by molar-refractivity contribution is -0.137. The van der Waals surface area contributed by atoms with Crippen molar-refractivity contribution in [2.24, 2.45) is 0 Å². The molecule has 0 fully saturated rings. The number of aliphatic carboxylic acids is 1. The van der Waals surface area contributed by atoms with E-state index in [2.05, 4.69) is 23.7 Å². The molecule has 3 heteroatoms. The number of allylic oxidation sites excluding steroid dienone is 2. The van der Waals surface area contributed by atoms with E-state index >= 15 is 0 Å². The normalized spacial score (nSPS) is 9.71. The third-order valence-electron chi connectivity index (χ3n) is 2.80. The van der Waals surface area contributed by atoms with Gasteiger partial charge in [-0.3, -0.25) is 4.79 Å². The Labute approximate surface area is 126 Å². The number of carboxylic acid groups (broad SMARTS) is 1. The first-order valence-corrected chi connectivity index (χ1v) is 7.21. The molecule has 0 saturated heterocycles. The quantitative estimate of drug-likeness (QED) is 0.579. The van der Waals surface area contributed by atoms with E-state index in [4.69, 9.17) is 9.52 Å². The minimum absolute atomic E-state index is 0.286. The Morgan fingerprint density at radius 1 is 1.19 bits per heavy atom. The summed E-state index contributed by atoms with van der Waals surface area (Å²) in [4.78, 5) is 10.3. The summed E-state index contributed by atoms with van der Waals surface area (Å²) in [6.45, 7) is 0. The molecule has 0 aliphatic rings. The number of hydrogen-bond acceptors (Lipinski definition) is 2. The highest BCUT2D eigenvalue weighted by atomic mass is 16.4. The summed E-state index contributed by atoms with van der Waals surface area (Å²) in [5, 5.41) is 8.49. The average Bonchev–Trinajstić information content (AvgIpc) is 2.97. The molecule has 110 valence electrons. The van der Waals surface area contributed by atoms with E-state index in [1.165, 1.54) is 0 Å². The Morgan fingerprint density at radius 2 is 2.00 bits per heavy atom. The Kier molecular flexibility index (Phi) is 9.08. The standard InChI is InChI=1S/C18H20O3/c19-18(20)15-11-9-7-5-3-1-2-4-6-8-10-13-17-14-12-16-21-17/h2,4,12,14,16H,1,3,5,7,9,11,15H2,(H,19,20)/b4-2-. The molecule has 0 spiro atoms. The molecule has 0 amide bonds. The largest absolute Gasteiger partial charge is 0.481 e. The van der Waals surface area contributed by atoms with Crippen LogP contribution in [-0.4, -0.2) is 11.1 Å². The van der Waals surface area contributed by atoms with Gasteiger partial charge < -0.3 is 9.52 Å². The number of carboxylic acids is 1. The molecule has 0 aromatic carbocycles. The number of hydrogen-bond donors (Lipinski definition) is 1. The van der Waals surface area contributed by atoms with Crippen LogP contribution >= 0.6 is 0 Å². The highest BCUT2D eigenvalue weighted by molar-refractivity contribution is 5.66. The summed E-state index contributed by atoms with van der Waals surface area (Å²) in [5.41, 5.74) is 0. The molecule has 1 heterocycles. The van der Waals surface area contributed by atoms with Crippen molar-refractivity contribution < 1.29 is 14.3 Å². The smallest absolute Gasteiger partial charge is 0.303 e. The monoisotopic (exact) mass is 284 g/mol. The Balaban J connectivity index is 1.99. The van der Waals surface area contributed by atoms with E-state index in [1.54, 1.807) is 18.4 Å². The van der Waals surface area contributed by atoms with Crippen LogP contribution in [0, 0.1) is 23.7 Å². The van der Waals surface area contributed by atoms with Gasteiger partial charge in [-0.15, -0.1) is 0 Å². The van der Waals surface area contributed by atoms with Gasteiger partial charge in [0.1, 0.15) is 0 Å². The van der Waals surface area contributed by atoms with Crippen molar-refractivity contribution >= 4 is 5.97 Å². The molecule has 3 nitrogen and oxygen atoms in total. The number of unbranched alkanes of at least 4 members (excludes halogenated alkanes) is 5. The second-order valence-electron chi connectivity index (χ2n) is 4.60. The van der Waals surface area contributed by atoms with Gasteiger partial charge in [-0.1, -0.05) is 31.3 Å². The Hall–Kier alpha value is -2.39. The molecule has 0 unspecified atom stereocenters. The molecule has 1 N–H and O–H groups in total. The maximum atomic E-state index is 10.3. The topological polar surface area (TPSA) is 50.4 Å². The van der Waals surface area contributed by atoms with Crippen LogP contribution in [0.1, 0.15) is 50.7 Å². The van der Waals surface area contributed by atoms with Crippen LogP contribution in [0.3, 0.4) is 0 Å². The summed E-state index contributed by atoms with van der Waals surface area (Å²) in [6.07, 6.45) is 11.9. The minimum atomic E-state index is -0.702. The van der Waals surface area contributed by atoms with Gasteiger partial charge in [-0.2, -0.15) is 0 Å². The minimum Gasteiger partial charge on any atom is -0.481 e. The van der Waals surface area contributed by atoms with E-state index in [1.807, 2.05) is 12.2 Å². The zero-order valence-electron chi connectivity index (χ0n) is 12.1. The van der Waals surface area contributed by atoms with Crippen LogP contribution in [0.4, 0.5) is 0 Å². The molecule has 1 rings (SSSR count). The van der Waals surface area contributed by atoms with Crippen LogP contribution in [0.5, 0.6) is 0 Å². The van der Waals surface area contributed by atoms with Crippen molar-refractivity contribution in [1.82, 2.24) is 0 Å². The molecular weight excluding hydrogens is 264 g/mol. The van der Waals surface area contributed by atoms with Gasteiger partial charge in [0.05, 0.1) is 6.26 Å². The Bertz CT molecular complexity index is 545. The molecule has 0 bridgehead atoms. The van der Waals surface area contributed by atoms with Crippen LogP contribution in [0.25, 0.3) is 0 Å². The van der Waals surface area contributed by atoms with Crippen molar-refractivity contribution in [3.05, 3.63) is 36.3 Å². The summed E-state index contributed by atoms with van der Waals surface area (Å²) in [7, 11) is 0. The molecule has 1 aromatic rings. The molecule has 0 saturated carbocycles. The lowest BCUT2D eigenvalue weighted by Gasteiger charge is -1.97. The summed E-state index contributed by atoms with van der Waals surface area (Å²) in [6, 6.07) is 3.58. The predicted octanol–water partition coefficient (Wildman–Crippen LogP) is 4.01. The molecule has 0 aliphatic carbocycles. The number of carbonyl (C=O) groups is 1. The summed E-state index contributed by atoms with van der Waals surface area (Å²) < 4.78 is 5.05. The fourth-order valence-electron chi connectivity index (χ4n) is 1.73. The second kappa shape index (κ2) is 11.4. The molecule has 0 aliphatic heterocycles. The molecule has 21 heavy (non-hydrogen) atoms. The van der Waals surface area contributed by atoms with Gasteiger partial charge in [-0.05, 0) is 55.2 Å².